The molecular weight excluding hydrogens is 257 g/mol. The summed E-state index contributed by atoms with van der Waals surface area (Å²) < 4.78 is 38.7. The molecule has 0 saturated heterocycles. The first-order valence-corrected chi connectivity index (χ1v) is 5.98. The van der Waals surface area contributed by atoms with Crippen molar-refractivity contribution in [3.63, 3.8) is 0 Å². The van der Waals surface area contributed by atoms with E-state index in [9.17, 15) is 18.0 Å². The number of carbonyl (C=O) groups excluding carboxylic acids is 1. The van der Waals surface area contributed by atoms with E-state index in [0.717, 1.165) is 6.07 Å². The van der Waals surface area contributed by atoms with E-state index in [4.69, 9.17) is 5.73 Å². The van der Waals surface area contributed by atoms with Gasteiger partial charge in [0.25, 0.3) is 0 Å². The number of alkyl halides is 3. The van der Waals surface area contributed by atoms with E-state index in [1.54, 1.807) is 6.92 Å². The minimum Gasteiger partial charge on any atom is -0.368 e. The molecule has 1 rings (SSSR count). The third-order valence-electron chi connectivity index (χ3n) is 2.93. The molecule has 0 aliphatic carbocycles. The van der Waals surface area contributed by atoms with Crippen LogP contribution in [0, 0.1) is 0 Å². The molecule has 0 heterocycles. The first kappa shape index (κ1) is 15.5. The van der Waals surface area contributed by atoms with Crippen molar-refractivity contribution < 1.29 is 18.0 Å². The van der Waals surface area contributed by atoms with Crippen LogP contribution in [-0.4, -0.2) is 11.9 Å². The highest BCUT2D eigenvalue weighted by Crippen LogP contribution is 2.34. The van der Waals surface area contributed by atoms with Crippen molar-refractivity contribution in [1.29, 1.82) is 0 Å². The number of nitrogens with two attached hydrogens (primary N) is 1. The molecule has 0 fully saturated rings. The van der Waals surface area contributed by atoms with Crippen LogP contribution in [0.3, 0.4) is 0 Å². The lowest BCUT2D eigenvalue weighted by Crippen LogP contribution is -2.39. The molecule has 0 saturated carbocycles. The maximum atomic E-state index is 12.9. The lowest BCUT2D eigenvalue weighted by molar-refractivity contribution is -0.138. The molecule has 0 aliphatic heterocycles. The fraction of sp³-hybridized carbons (Fsp3) is 0.462. The molecule has 1 aromatic carbocycles. The molecule has 1 amide bonds. The highest BCUT2D eigenvalue weighted by Gasteiger charge is 2.36. The van der Waals surface area contributed by atoms with Gasteiger partial charge in [-0.05, 0) is 25.0 Å². The summed E-state index contributed by atoms with van der Waals surface area (Å²) in [6.45, 7) is 3.65. The predicted molar refractivity (Wildman–Crippen MR) is 66.3 cm³/mol. The molecule has 0 aliphatic rings. The average Bonchev–Trinajstić information content (AvgIpc) is 2.34. The van der Waals surface area contributed by atoms with Gasteiger partial charge in [0, 0.05) is 6.04 Å². The molecule has 3 nitrogen and oxygen atoms in total. The Morgan fingerprint density at radius 3 is 2.42 bits per heavy atom. The quantitative estimate of drug-likeness (QED) is 0.867. The Balaban J connectivity index is 3.20. The van der Waals surface area contributed by atoms with Crippen LogP contribution in [0.15, 0.2) is 24.3 Å². The molecule has 3 N–H and O–H groups in total. The van der Waals surface area contributed by atoms with Gasteiger partial charge in [-0.2, -0.15) is 13.2 Å². The van der Waals surface area contributed by atoms with E-state index in [1.165, 1.54) is 18.2 Å². The van der Waals surface area contributed by atoms with E-state index >= 15 is 0 Å². The first-order valence-electron chi connectivity index (χ1n) is 5.98. The zero-order valence-electron chi connectivity index (χ0n) is 10.8. The maximum absolute atomic E-state index is 12.9. The monoisotopic (exact) mass is 274 g/mol. The Morgan fingerprint density at radius 2 is 1.95 bits per heavy atom. The molecule has 2 atom stereocenters. The smallest absolute Gasteiger partial charge is 0.368 e. The second-order valence-electron chi connectivity index (χ2n) is 4.40. The van der Waals surface area contributed by atoms with Gasteiger partial charge in [-0.3, -0.25) is 10.1 Å². The summed E-state index contributed by atoms with van der Waals surface area (Å²) in [7, 11) is 0. The molecule has 0 bridgehead atoms. The minimum atomic E-state index is -4.51. The molecule has 2 unspecified atom stereocenters. The van der Waals surface area contributed by atoms with E-state index in [2.05, 4.69) is 5.32 Å². The van der Waals surface area contributed by atoms with Gasteiger partial charge < -0.3 is 5.73 Å². The number of benzene rings is 1. The normalized spacial score (nSPS) is 15.0. The minimum absolute atomic E-state index is 0.112. The Hall–Kier alpha value is -1.56. The van der Waals surface area contributed by atoms with Gasteiger partial charge in [0.15, 0.2) is 0 Å². The largest absolute Gasteiger partial charge is 0.416 e. The number of hydrogen-bond donors (Lipinski definition) is 2. The molecule has 1 aromatic rings. The van der Waals surface area contributed by atoms with Gasteiger partial charge in [0.2, 0.25) is 5.91 Å². The lowest BCUT2D eigenvalue weighted by atomic mass is 9.98. The molecule has 106 valence electrons. The van der Waals surface area contributed by atoms with Crippen molar-refractivity contribution in [3.05, 3.63) is 35.4 Å². The Bertz CT molecular complexity index is 446. The van der Waals surface area contributed by atoms with E-state index in [1.807, 2.05) is 6.92 Å². The summed E-state index contributed by atoms with van der Waals surface area (Å²) in [6.07, 6.45) is -3.83. The van der Waals surface area contributed by atoms with Crippen molar-refractivity contribution in [2.75, 3.05) is 0 Å². The van der Waals surface area contributed by atoms with E-state index in [-0.39, 0.29) is 11.6 Å². The van der Waals surface area contributed by atoms with Crippen molar-refractivity contribution in [3.8, 4) is 0 Å². The number of nitrogens with one attached hydrogen (secondary N) is 1. The molecule has 19 heavy (non-hydrogen) atoms. The van der Waals surface area contributed by atoms with Crippen molar-refractivity contribution in [2.24, 2.45) is 5.73 Å². The van der Waals surface area contributed by atoms with E-state index in [0.29, 0.717) is 6.42 Å². The van der Waals surface area contributed by atoms with Gasteiger partial charge in [0.1, 0.15) is 6.04 Å². The summed E-state index contributed by atoms with van der Waals surface area (Å²) in [5, 5.41) is 2.82. The van der Waals surface area contributed by atoms with E-state index < -0.39 is 23.7 Å². The van der Waals surface area contributed by atoms with Crippen LogP contribution in [0.25, 0.3) is 0 Å². The second-order valence-corrected chi connectivity index (χ2v) is 4.40. The summed E-state index contributed by atoms with van der Waals surface area (Å²) in [5.41, 5.74) is 4.24. The van der Waals surface area contributed by atoms with Gasteiger partial charge >= 0.3 is 6.18 Å². The number of carbonyl (C=O) groups is 1. The van der Waals surface area contributed by atoms with Crippen LogP contribution in [-0.2, 0) is 11.0 Å². The molecule has 0 aromatic heterocycles. The zero-order valence-corrected chi connectivity index (χ0v) is 10.8. The van der Waals surface area contributed by atoms with Crippen LogP contribution in [0.5, 0.6) is 0 Å². The number of halogens is 3. The highest BCUT2D eigenvalue weighted by molar-refractivity contribution is 5.82. The van der Waals surface area contributed by atoms with Gasteiger partial charge in [-0.1, -0.05) is 25.1 Å². The van der Waals surface area contributed by atoms with Gasteiger partial charge in [-0.15, -0.1) is 0 Å². The average molecular weight is 274 g/mol. The lowest BCUT2D eigenvalue weighted by Gasteiger charge is -2.23. The van der Waals surface area contributed by atoms with Crippen LogP contribution in [0.1, 0.15) is 37.4 Å². The standard InChI is InChI=1S/C13H17F3N2O/c1-3-8(2)18-11(12(17)19)9-6-4-5-7-10(9)13(14,15)16/h4-8,11,18H,3H2,1-2H3,(H2,17,19). The SMILES string of the molecule is CCC(C)NC(C(N)=O)c1ccccc1C(F)(F)F. The van der Waals surface area contributed by atoms with Crippen LogP contribution >= 0.6 is 0 Å². The zero-order chi connectivity index (χ0) is 14.6. The van der Waals surface area contributed by atoms with Crippen molar-refractivity contribution in [1.82, 2.24) is 5.32 Å². The molecular formula is C13H17F3N2O. The Kier molecular flexibility index (Phi) is 4.94. The Labute approximate surface area is 110 Å². The number of rotatable bonds is 5. The fourth-order valence-electron chi connectivity index (χ4n) is 1.73. The topological polar surface area (TPSA) is 55.1 Å². The van der Waals surface area contributed by atoms with Crippen molar-refractivity contribution in [2.45, 2.75) is 38.5 Å². The highest BCUT2D eigenvalue weighted by atomic mass is 19.4. The fourth-order valence-corrected chi connectivity index (χ4v) is 1.73. The van der Waals surface area contributed by atoms with Crippen LogP contribution < -0.4 is 11.1 Å². The van der Waals surface area contributed by atoms with Gasteiger partial charge in [-0.25, -0.2) is 0 Å². The summed E-state index contributed by atoms with van der Waals surface area (Å²) >= 11 is 0. The summed E-state index contributed by atoms with van der Waals surface area (Å²) in [6, 6.07) is 3.70. The molecule has 0 radical (unpaired) electrons. The second kappa shape index (κ2) is 6.06. The number of amides is 1. The first-order chi connectivity index (χ1) is 8.77. The van der Waals surface area contributed by atoms with Crippen LogP contribution in [0.4, 0.5) is 13.2 Å². The molecule has 6 heteroatoms. The Morgan fingerprint density at radius 1 is 1.37 bits per heavy atom. The predicted octanol–water partition coefficient (Wildman–Crippen LogP) is 2.62. The van der Waals surface area contributed by atoms with Crippen LogP contribution in [0.2, 0.25) is 0 Å². The third-order valence-corrected chi connectivity index (χ3v) is 2.93. The third kappa shape index (κ3) is 3.96. The summed E-state index contributed by atoms with van der Waals surface area (Å²) in [4.78, 5) is 11.4. The summed E-state index contributed by atoms with van der Waals surface area (Å²) in [5.74, 6) is -0.822. The number of primary amides is 1. The van der Waals surface area contributed by atoms with Gasteiger partial charge in [0.05, 0.1) is 5.56 Å². The number of hydrogen-bond acceptors (Lipinski definition) is 2. The molecule has 0 spiro atoms. The maximum Gasteiger partial charge on any atom is 0.416 e. The van der Waals surface area contributed by atoms with Crippen molar-refractivity contribution >= 4 is 5.91 Å².